The normalized spacial score (nSPS) is 39.4. The van der Waals surface area contributed by atoms with Crippen LogP contribution in [0.15, 0.2) is 0 Å². The van der Waals surface area contributed by atoms with Crippen molar-refractivity contribution in [3.05, 3.63) is 0 Å². The largest absolute Gasteiger partial charge is 0.298 e. The van der Waals surface area contributed by atoms with Crippen LogP contribution < -0.4 is 5.32 Å². The molecule has 0 aromatic heterocycles. The molecule has 0 spiro atoms. The van der Waals surface area contributed by atoms with E-state index in [0.717, 1.165) is 32.4 Å². The van der Waals surface area contributed by atoms with Crippen LogP contribution in [0.3, 0.4) is 0 Å². The van der Waals surface area contributed by atoms with Gasteiger partial charge in [-0.05, 0) is 60.4 Å². The van der Waals surface area contributed by atoms with E-state index in [2.05, 4.69) is 55.9 Å². The SMILES string of the molecule is CC(C)NC1(C#N)CCCC(N2CC(C)N(C)C(C)C2)C1. The Labute approximate surface area is 130 Å². The van der Waals surface area contributed by atoms with Gasteiger partial charge in [-0.3, -0.25) is 15.1 Å². The minimum Gasteiger partial charge on any atom is -0.298 e. The highest BCUT2D eigenvalue weighted by Gasteiger charge is 2.40. The Kier molecular flexibility index (Phi) is 5.29. The number of nitrogens with zero attached hydrogens (tertiary/aromatic N) is 3. The van der Waals surface area contributed by atoms with E-state index in [1.807, 2.05) is 0 Å². The molecule has 1 aliphatic heterocycles. The van der Waals surface area contributed by atoms with Crippen LogP contribution in [0, 0.1) is 11.3 Å². The second-order valence-electron chi connectivity index (χ2n) is 7.56. The van der Waals surface area contributed by atoms with Crippen molar-refractivity contribution in [3.8, 4) is 6.07 Å². The Morgan fingerprint density at radius 2 is 1.86 bits per heavy atom. The van der Waals surface area contributed by atoms with Crippen molar-refractivity contribution in [2.75, 3.05) is 20.1 Å². The van der Waals surface area contributed by atoms with Gasteiger partial charge in [0, 0.05) is 37.3 Å². The van der Waals surface area contributed by atoms with Gasteiger partial charge in [0.05, 0.1) is 6.07 Å². The molecular formula is C17H32N4. The van der Waals surface area contributed by atoms with Gasteiger partial charge in [0.1, 0.15) is 5.54 Å². The lowest BCUT2D eigenvalue weighted by Gasteiger charge is -2.49. The third kappa shape index (κ3) is 3.77. The van der Waals surface area contributed by atoms with E-state index in [9.17, 15) is 5.26 Å². The number of hydrogen-bond acceptors (Lipinski definition) is 4. The first-order valence-corrected chi connectivity index (χ1v) is 8.52. The lowest BCUT2D eigenvalue weighted by Crippen LogP contribution is -2.61. The van der Waals surface area contributed by atoms with Crippen LogP contribution in [-0.2, 0) is 0 Å². The highest BCUT2D eigenvalue weighted by molar-refractivity contribution is 5.12. The van der Waals surface area contributed by atoms with Crippen molar-refractivity contribution in [1.82, 2.24) is 15.1 Å². The Bertz CT molecular complexity index is 377. The molecule has 0 radical (unpaired) electrons. The zero-order valence-corrected chi connectivity index (χ0v) is 14.4. The first-order chi connectivity index (χ1) is 9.87. The molecule has 2 aliphatic rings. The second-order valence-corrected chi connectivity index (χ2v) is 7.56. The highest BCUT2D eigenvalue weighted by atomic mass is 15.3. The predicted octanol–water partition coefficient (Wildman–Crippen LogP) is 2.21. The van der Waals surface area contributed by atoms with Crippen LogP contribution in [-0.4, -0.2) is 59.6 Å². The highest BCUT2D eigenvalue weighted by Crippen LogP contribution is 2.33. The monoisotopic (exact) mass is 292 g/mol. The molecule has 4 nitrogen and oxygen atoms in total. The number of rotatable bonds is 3. The van der Waals surface area contributed by atoms with Crippen molar-refractivity contribution in [2.24, 2.45) is 0 Å². The summed E-state index contributed by atoms with van der Waals surface area (Å²) in [5.74, 6) is 0. The maximum absolute atomic E-state index is 9.71. The van der Waals surface area contributed by atoms with E-state index in [1.54, 1.807) is 0 Å². The van der Waals surface area contributed by atoms with Gasteiger partial charge in [-0.15, -0.1) is 0 Å². The van der Waals surface area contributed by atoms with Gasteiger partial charge < -0.3 is 0 Å². The molecule has 1 saturated heterocycles. The molecule has 1 saturated carbocycles. The van der Waals surface area contributed by atoms with E-state index in [-0.39, 0.29) is 5.54 Å². The Morgan fingerprint density at radius 1 is 1.24 bits per heavy atom. The van der Waals surface area contributed by atoms with Gasteiger partial charge >= 0.3 is 0 Å². The fourth-order valence-electron chi connectivity index (χ4n) is 4.12. The van der Waals surface area contributed by atoms with E-state index >= 15 is 0 Å². The van der Waals surface area contributed by atoms with Gasteiger partial charge in [-0.25, -0.2) is 0 Å². The zero-order chi connectivity index (χ0) is 15.6. The lowest BCUT2D eigenvalue weighted by molar-refractivity contribution is 0.0134. The predicted molar refractivity (Wildman–Crippen MR) is 87.1 cm³/mol. The summed E-state index contributed by atoms with van der Waals surface area (Å²) in [5, 5.41) is 13.3. The Morgan fingerprint density at radius 3 is 2.38 bits per heavy atom. The van der Waals surface area contributed by atoms with Crippen molar-refractivity contribution >= 4 is 0 Å². The minimum absolute atomic E-state index is 0.313. The van der Waals surface area contributed by atoms with E-state index in [4.69, 9.17) is 0 Å². The molecule has 120 valence electrons. The van der Waals surface area contributed by atoms with E-state index in [0.29, 0.717) is 24.2 Å². The summed E-state index contributed by atoms with van der Waals surface area (Å²) in [6, 6.07) is 4.73. The zero-order valence-electron chi connectivity index (χ0n) is 14.4. The molecule has 1 aliphatic carbocycles. The topological polar surface area (TPSA) is 42.3 Å². The molecule has 0 amide bonds. The molecule has 1 N–H and O–H groups in total. The minimum atomic E-state index is -0.313. The smallest absolute Gasteiger partial charge is 0.108 e. The standard InChI is InChI=1S/C17H32N4/c1-13(2)19-17(12-18)8-6-7-16(9-17)21-10-14(3)20(5)15(4)11-21/h13-16,19H,6-11H2,1-5H3. The third-order valence-corrected chi connectivity index (χ3v) is 5.41. The summed E-state index contributed by atoms with van der Waals surface area (Å²) in [6.45, 7) is 11.2. The fraction of sp³-hybridized carbons (Fsp3) is 0.941. The molecule has 0 aromatic carbocycles. The van der Waals surface area contributed by atoms with E-state index in [1.165, 1.54) is 6.42 Å². The molecular weight excluding hydrogens is 260 g/mol. The molecule has 4 heteroatoms. The van der Waals surface area contributed by atoms with Crippen LogP contribution in [0.5, 0.6) is 0 Å². The lowest BCUT2D eigenvalue weighted by atomic mass is 9.78. The average molecular weight is 292 g/mol. The summed E-state index contributed by atoms with van der Waals surface area (Å²) in [7, 11) is 2.23. The number of likely N-dealkylation sites (N-methyl/N-ethyl adjacent to an activating group) is 1. The second kappa shape index (κ2) is 6.64. The van der Waals surface area contributed by atoms with Crippen molar-refractivity contribution in [2.45, 2.75) is 83.1 Å². The van der Waals surface area contributed by atoms with Gasteiger partial charge in [0.25, 0.3) is 0 Å². The van der Waals surface area contributed by atoms with Gasteiger partial charge in [0.2, 0.25) is 0 Å². The van der Waals surface area contributed by atoms with Crippen molar-refractivity contribution in [3.63, 3.8) is 0 Å². The van der Waals surface area contributed by atoms with Crippen molar-refractivity contribution < 1.29 is 0 Å². The fourth-order valence-corrected chi connectivity index (χ4v) is 4.12. The third-order valence-electron chi connectivity index (χ3n) is 5.41. The van der Waals surface area contributed by atoms with Crippen LogP contribution in [0.4, 0.5) is 0 Å². The first kappa shape index (κ1) is 16.7. The summed E-state index contributed by atoms with van der Waals surface area (Å²) in [5.41, 5.74) is -0.313. The molecule has 2 rings (SSSR count). The van der Waals surface area contributed by atoms with Gasteiger partial charge in [0.15, 0.2) is 0 Å². The van der Waals surface area contributed by atoms with Crippen LogP contribution >= 0.6 is 0 Å². The van der Waals surface area contributed by atoms with Crippen LogP contribution in [0.1, 0.15) is 53.4 Å². The maximum atomic E-state index is 9.71. The molecule has 4 atom stereocenters. The number of nitrogens with one attached hydrogen (secondary N) is 1. The number of hydrogen-bond donors (Lipinski definition) is 1. The molecule has 21 heavy (non-hydrogen) atoms. The van der Waals surface area contributed by atoms with Gasteiger partial charge in [-0.1, -0.05) is 0 Å². The quantitative estimate of drug-likeness (QED) is 0.866. The maximum Gasteiger partial charge on any atom is 0.108 e. The Hall–Kier alpha value is -0.630. The number of nitriles is 1. The molecule has 0 aromatic rings. The molecule has 4 unspecified atom stereocenters. The Balaban J connectivity index is 2.05. The van der Waals surface area contributed by atoms with E-state index < -0.39 is 0 Å². The summed E-state index contributed by atoms with van der Waals surface area (Å²) in [6.07, 6.45) is 4.38. The van der Waals surface area contributed by atoms with Gasteiger partial charge in [-0.2, -0.15) is 5.26 Å². The first-order valence-electron chi connectivity index (χ1n) is 8.52. The molecule has 2 fully saturated rings. The number of piperazine rings is 1. The summed E-state index contributed by atoms with van der Waals surface area (Å²) >= 11 is 0. The summed E-state index contributed by atoms with van der Waals surface area (Å²) in [4.78, 5) is 5.12. The molecule has 0 bridgehead atoms. The molecule has 1 heterocycles. The average Bonchev–Trinajstić information content (AvgIpc) is 2.43. The van der Waals surface area contributed by atoms with Crippen LogP contribution in [0.25, 0.3) is 0 Å². The van der Waals surface area contributed by atoms with Crippen LogP contribution in [0.2, 0.25) is 0 Å². The van der Waals surface area contributed by atoms with Crippen molar-refractivity contribution in [1.29, 1.82) is 5.26 Å². The summed E-state index contributed by atoms with van der Waals surface area (Å²) < 4.78 is 0.